The number of nitrogens with one attached hydrogen (secondary N) is 1. The highest BCUT2D eigenvalue weighted by Gasteiger charge is 2.20. The number of methoxy groups -OCH3 is 2. The molecule has 1 saturated heterocycles. The van der Waals surface area contributed by atoms with Crippen LogP contribution in [0.5, 0.6) is 11.5 Å². The van der Waals surface area contributed by atoms with Crippen LogP contribution in [-0.4, -0.2) is 81.8 Å². The molecule has 8 nitrogen and oxygen atoms in total. The van der Waals surface area contributed by atoms with Crippen LogP contribution in [0.3, 0.4) is 0 Å². The molecule has 0 spiro atoms. The first-order valence-corrected chi connectivity index (χ1v) is 10.7. The fourth-order valence-corrected chi connectivity index (χ4v) is 3.43. The number of hydrogen-bond acceptors (Lipinski definition) is 6. The fraction of sp³-hybridized carbons (Fsp3) is 0.636. The number of aliphatic imine (C=N–C) groups is 1. The number of nitrogens with zero attached hydrogens (tertiary/aromatic N) is 3. The summed E-state index contributed by atoms with van der Waals surface area (Å²) < 4.78 is 15.8. The van der Waals surface area contributed by atoms with Crippen molar-refractivity contribution in [2.24, 2.45) is 4.99 Å². The molecule has 1 N–H and O–H groups in total. The number of carbonyl (C=O) groups excluding carboxylic acids is 1. The molecule has 0 unspecified atom stereocenters. The van der Waals surface area contributed by atoms with Crippen LogP contribution < -0.4 is 14.8 Å². The first-order chi connectivity index (χ1) is 14.6. The van der Waals surface area contributed by atoms with Crippen molar-refractivity contribution in [2.75, 3.05) is 60.1 Å². The van der Waals surface area contributed by atoms with Crippen LogP contribution in [0.4, 0.5) is 0 Å². The lowest BCUT2D eigenvalue weighted by atomic mass is 10.1. The molecule has 1 aromatic rings. The van der Waals surface area contributed by atoms with Crippen LogP contribution >= 0.6 is 0 Å². The van der Waals surface area contributed by atoms with Gasteiger partial charge in [0.15, 0.2) is 5.96 Å². The fourth-order valence-electron chi connectivity index (χ4n) is 3.43. The lowest BCUT2D eigenvalue weighted by Gasteiger charge is -2.36. The van der Waals surface area contributed by atoms with Crippen molar-refractivity contribution in [1.82, 2.24) is 15.1 Å². The van der Waals surface area contributed by atoms with E-state index >= 15 is 0 Å². The molecule has 168 valence electrons. The van der Waals surface area contributed by atoms with E-state index in [0.717, 1.165) is 62.3 Å². The van der Waals surface area contributed by atoms with Crippen molar-refractivity contribution < 1.29 is 19.0 Å². The summed E-state index contributed by atoms with van der Waals surface area (Å²) in [6.07, 6.45) is 1.11. The zero-order chi connectivity index (χ0) is 21.8. The summed E-state index contributed by atoms with van der Waals surface area (Å²) in [5.74, 6) is 2.49. The zero-order valence-electron chi connectivity index (χ0n) is 18.8. The van der Waals surface area contributed by atoms with E-state index in [1.165, 1.54) is 0 Å². The molecule has 0 bridgehead atoms. The van der Waals surface area contributed by atoms with Gasteiger partial charge in [0.2, 0.25) is 0 Å². The molecular weight excluding hydrogens is 384 g/mol. The van der Waals surface area contributed by atoms with E-state index in [4.69, 9.17) is 19.2 Å². The summed E-state index contributed by atoms with van der Waals surface area (Å²) in [6.45, 7) is 10.2. The molecule has 1 fully saturated rings. The number of ether oxygens (including phenoxy) is 3. The quantitative estimate of drug-likeness (QED) is 0.269. The molecule has 0 aromatic heterocycles. The van der Waals surface area contributed by atoms with Gasteiger partial charge in [-0.1, -0.05) is 0 Å². The molecule has 2 rings (SSSR count). The van der Waals surface area contributed by atoms with Crippen LogP contribution in [0, 0.1) is 0 Å². The Morgan fingerprint density at radius 2 is 1.90 bits per heavy atom. The van der Waals surface area contributed by atoms with Gasteiger partial charge in [0, 0.05) is 57.8 Å². The highest BCUT2D eigenvalue weighted by atomic mass is 16.5. The summed E-state index contributed by atoms with van der Waals surface area (Å²) in [4.78, 5) is 20.9. The van der Waals surface area contributed by atoms with E-state index < -0.39 is 0 Å². The Morgan fingerprint density at radius 1 is 1.13 bits per heavy atom. The van der Waals surface area contributed by atoms with E-state index in [2.05, 4.69) is 22.0 Å². The summed E-state index contributed by atoms with van der Waals surface area (Å²) in [5, 5.41) is 3.37. The number of rotatable bonds is 10. The van der Waals surface area contributed by atoms with Crippen molar-refractivity contribution in [1.29, 1.82) is 0 Å². The number of hydrogen-bond donors (Lipinski definition) is 1. The van der Waals surface area contributed by atoms with Gasteiger partial charge in [-0.25, -0.2) is 0 Å². The van der Waals surface area contributed by atoms with Crippen molar-refractivity contribution in [3.05, 3.63) is 23.8 Å². The molecular formula is C22H36N4O4. The summed E-state index contributed by atoms with van der Waals surface area (Å²) in [5.41, 5.74) is 1.13. The molecule has 0 radical (unpaired) electrons. The Labute approximate surface area is 180 Å². The van der Waals surface area contributed by atoms with E-state index in [1.807, 2.05) is 25.1 Å². The van der Waals surface area contributed by atoms with E-state index in [0.29, 0.717) is 26.0 Å². The highest BCUT2D eigenvalue weighted by Crippen LogP contribution is 2.25. The third kappa shape index (κ3) is 7.40. The van der Waals surface area contributed by atoms with Gasteiger partial charge in [-0.3, -0.25) is 14.7 Å². The maximum Gasteiger partial charge on any atom is 0.305 e. The maximum atomic E-state index is 11.5. The molecule has 0 saturated carbocycles. The molecule has 1 aromatic carbocycles. The molecule has 1 aliphatic rings. The molecule has 0 amide bonds. The van der Waals surface area contributed by atoms with Gasteiger partial charge in [0.25, 0.3) is 0 Å². The number of carbonyl (C=O) groups is 1. The van der Waals surface area contributed by atoms with E-state index in [1.54, 1.807) is 14.2 Å². The lowest BCUT2D eigenvalue weighted by Crippen LogP contribution is -2.52. The van der Waals surface area contributed by atoms with Crippen LogP contribution in [-0.2, 0) is 16.1 Å². The largest absolute Gasteiger partial charge is 0.497 e. The van der Waals surface area contributed by atoms with Crippen LogP contribution in [0.15, 0.2) is 23.2 Å². The minimum atomic E-state index is -0.153. The Kier molecular flexibility index (Phi) is 10.3. The molecule has 0 atom stereocenters. The van der Waals surface area contributed by atoms with Gasteiger partial charge in [-0.2, -0.15) is 0 Å². The van der Waals surface area contributed by atoms with Crippen LogP contribution in [0.2, 0.25) is 0 Å². The van der Waals surface area contributed by atoms with Gasteiger partial charge >= 0.3 is 5.97 Å². The Hall–Kier alpha value is -2.48. The predicted octanol–water partition coefficient (Wildman–Crippen LogP) is 2.13. The number of guanidine groups is 1. The normalized spacial score (nSPS) is 15.1. The van der Waals surface area contributed by atoms with Gasteiger partial charge in [0.1, 0.15) is 11.5 Å². The van der Waals surface area contributed by atoms with Crippen molar-refractivity contribution >= 4 is 11.9 Å². The van der Waals surface area contributed by atoms with Gasteiger partial charge in [-0.15, -0.1) is 0 Å². The third-order valence-corrected chi connectivity index (χ3v) is 4.99. The Balaban J connectivity index is 1.87. The predicted molar refractivity (Wildman–Crippen MR) is 118 cm³/mol. The second kappa shape index (κ2) is 13.0. The average Bonchev–Trinajstić information content (AvgIpc) is 2.76. The Bertz CT molecular complexity index is 688. The first kappa shape index (κ1) is 23.8. The molecule has 1 heterocycles. The molecule has 0 aliphatic carbocycles. The van der Waals surface area contributed by atoms with E-state index in [9.17, 15) is 4.79 Å². The molecule has 30 heavy (non-hydrogen) atoms. The summed E-state index contributed by atoms with van der Waals surface area (Å²) >= 11 is 0. The zero-order valence-corrected chi connectivity index (χ0v) is 18.8. The standard InChI is InChI=1S/C22H36N4O4/c1-5-23-22(24-11-7-8-21(27)30-6-2)26-14-12-25(13-15-26)17-18-16-19(28-3)9-10-20(18)29-4/h9-10,16H,5-8,11-15,17H2,1-4H3,(H,23,24). The number of benzene rings is 1. The van der Waals surface area contributed by atoms with E-state index in [-0.39, 0.29) is 5.97 Å². The summed E-state index contributed by atoms with van der Waals surface area (Å²) in [7, 11) is 3.38. The van der Waals surface area contributed by atoms with Crippen LogP contribution in [0.25, 0.3) is 0 Å². The van der Waals surface area contributed by atoms with Gasteiger partial charge in [0.05, 0.1) is 20.8 Å². The monoisotopic (exact) mass is 420 g/mol. The maximum absolute atomic E-state index is 11.5. The van der Waals surface area contributed by atoms with Crippen LogP contribution in [0.1, 0.15) is 32.3 Å². The second-order valence-electron chi connectivity index (χ2n) is 7.09. The topological polar surface area (TPSA) is 75.6 Å². The first-order valence-electron chi connectivity index (χ1n) is 10.7. The number of piperazine rings is 1. The van der Waals surface area contributed by atoms with Gasteiger partial charge < -0.3 is 24.4 Å². The SMILES string of the molecule is CCNC(=NCCCC(=O)OCC)N1CCN(Cc2cc(OC)ccc2OC)CC1. The summed E-state index contributed by atoms with van der Waals surface area (Å²) in [6, 6.07) is 5.91. The highest BCUT2D eigenvalue weighted by molar-refractivity contribution is 5.80. The lowest BCUT2D eigenvalue weighted by molar-refractivity contribution is -0.143. The minimum Gasteiger partial charge on any atom is -0.497 e. The number of esters is 1. The molecule has 1 aliphatic heterocycles. The minimum absolute atomic E-state index is 0.153. The van der Waals surface area contributed by atoms with Crippen molar-refractivity contribution in [3.63, 3.8) is 0 Å². The smallest absolute Gasteiger partial charge is 0.305 e. The third-order valence-electron chi connectivity index (χ3n) is 4.99. The van der Waals surface area contributed by atoms with Crippen molar-refractivity contribution in [2.45, 2.75) is 33.2 Å². The average molecular weight is 421 g/mol. The second-order valence-corrected chi connectivity index (χ2v) is 7.09. The van der Waals surface area contributed by atoms with Crippen molar-refractivity contribution in [3.8, 4) is 11.5 Å². The van der Waals surface area contributed by atoms with Gasteiger partial charge in [-0.05, 0) is 38.5 Å². The molecule has 8 heteroatoms. The Morgan fingerprint density at radius 3 is 2.53 bits per heavy atom.